The van der Waals surface area contributed by atoms with Gasteiger partial charge in [0.1, 0.15) is 5.38 Å². The van der Waals surface area contributed by atoms with Crippen molar-refractivity contribution in [3.8, 4) is 6.07 Å². The summed E-state index contributed by atoms with van der Waals surface area (Å²) in [5.41, 5.74) is 1.93. The first-order valence-electron chi connectivity index (χ1n) is 9.53. The molecule has 26 heavy (non-hydrogen) atoms. The monoisotopic (exact) mass is 397 g/mol. The Morgan fingerprint density at radius 1 is 0.923 bits per heavy atom. The SMILES string of the molecule is N#Cc1ccc(CCC(Cl)CCCCCCCCCC(Cl)C(=O)O)cc1. The van der Waals surface area contributed by atoms with Crippen LogP contribution in [0.2, 0.25) is 0 Å². The van der Waals surface area contributed by atoms with Gasteiger partial charge >= 0.3 is 5.97 Å². The molecule has 0 spiro atoms. The van der Waals surface area contributed by atoms with Crippen molar-refractivity contribution in [2.24, 2.45) is 0 Å². The molecule has 0 saturated carbocycles. The molecular weight excluding hydrogens is 369 g/mol. The van der Waals surface area contributed by atoms with Gasteiger partial charge in [0, 0.05) is 5.38 Å². The summed E-state index contributed by atoms with van der Waals surface area (Å²) in [5, 5.41) is 17.0. The van der Waals surface area contributed by atoms with Crippen LogP contribution in [0.4, 0.5) is 0 Å². The van der Waals surface area contributed by atoms with Gasteiger partial charge in [0.15, 0.2) is 0 Å². The fourth-order valence-electron chi connectivity index (χ4n) is 2.91. The lowest BCUT2D eigenvalue weighted by Crippen LogP contribution is -2.12. The third-order valence-electron chi connectivity index (χ3n) is 4.57. The molecule has 0 aliphatic carbocycles. The fourth-order valence-corrected chi connectivity index (χ4v) is 3.33. The molecule has 144 valence electrons. The van der Waals surface area contributed by atoms with E-state index in [0.29, 0.717) is 12.0 Å². The first kappa shape index (κ1) is 22.8. The third kappa shape index (κ3) is 10.7. The maximum absolute atomic E-state index is 10.6. The molecule has 2 atom stereocenters. The quantitative estimate of drug-likeness (QED) is 0.295. The summed E-state index contributed by atoms with van der Waals surface area (Å²) in [6.45, 7) is 0. The van der Waals surface area contributed by atoms with Crippen LogP contribution < -0.4 is 0 Å². The van der Waals surface area contributed by atoms with E-state index in [1.165, 1.54) is 24.8 Å². The second kappa shape index (κ2) is 13.9. The van der Waals surface area contributed by atoms with E-state index in [4.69, 9.17) is 33.6 Å². The molecule has 5 heteroatoms. The van der Waals surface area contributed by atoms with Gasteiger partial charge in [-0.25, -0.2) is 0 Å². The lowest BCUT2D eigenvalue weighted by molar-refractivity contribution is -0.136. The van der Waals surface area contributed by atoms with Crippen LogP contribution in [-0.2, 0) is 11.2 Å². The first-order valence-corrected chi connectivity index (χ1v) is 10.4. The molecule has 2 unspecified atom stereocenters. The van der Waals surface area contributed by atoms with Crippen molar-refractivity contribution in [3.63, 3.8) is 0 Å². The Morgan fingerprint density at radius 2 is 1.46 bits per heavy atom. The minimum absolute atomic E-state index is 0.210. The fraction of sp³-hybridized carbons (Fsp3) is 0.619. The number of aryl methyl sites for hydroxylation is 1. The number of nitriles is 1. The Balaban J connectivity index is 1.95. The largest absolute Gasteiger partial charge is 0.480 e. The van der Waals surface area contributed by atoms with Crippen molar-refractivity contribution in [2.45, 2.75) is 81.4 Å². The molecule has 0 fully saturated rings. The summed E-state index contributed by atoms with van der Waals surface area (Å²) in [7, 11) is 0. The molecule has 0 aliphatic rings. The molecule has 0 aromatic heterocycles. The van der Waals surface area contributed by atoms with Crippen LogP contribution in [0.3, 0.4) is 0 Å². The zero-order valence-corrected chi connectivity index (χ0v) is 16.8. The van der Waals surface area contributed by atoms with Gasteiger partial charge in [-0.2, -0.15) is 5.26 Å². The number of halogens is 2. The van der Waals surface area contributed by atoms with E-state index in [-0.39, 0.29) is 5.38 Å². The van der Waals surface area contributed by atoms with Crippen LogP contribution in [0.5, 0.6) is 0 Å². The highest BCUT2D eigenvalue weighted by Gasteiger charge is 2.12. The Kier molecular flexibility index (Phi) is 12.2. The highest BCUT2D eigenvalue weighted by molar-refractivity contribution is 6.29. The Bertz CT molecular complexity index is 554. The number of carboxylic acids is 1. The number of alkyl halides is 2. The van der Waals surface area contributed by atoms with Crippen molar-refractivity contribution < 1.29 is 9.90 Å². The van der Waals surface area contributed by atoms with E-state index in [9.17, 15) is 4.79 Å². The van der Waals surface area contributed by atoms with E-state index in [2.05, 4.69) is 6.07 Å². The van der Waals surface area contributed by atoms with Gasteiger partial charge in [-0.3, -0.25) is 4.79 Å². The number of benzene rings is 1. The number of nitrogens with zero attached hydrogens (tertiary/aromatic N) is 1. The second-order valence-electron chi connectivity index (χ2n) is 6.80. The molecule has 0 heterocycles. The topological polar surface area (TPSA) is 61.1 Å². The van der Waals surface area contributed by atoms with Gasteiger partial charge in [0.2, 0.25) is 0 Å². The number of unbranched alkanes of at least 4 members (excludes halogenated alkanes) is 6. The van der Waals surface area contributed by atoms with E-state index in [1.54, 1.807) is 0 Å². The predicted octanol–water partition coefficient (Wildman–Crippen LogP) is 6.30. The van der Waals surface area contributed by atoms with E-state index in [1.807, 2.05) is 24.3 Å². The Hall–Kier alpha value is -1.24. The summed E-state index contributed by atoms with van der Waals surface area (Å²) in [4.78, 5) is 10.6. The number of aliphatic carboxylic acids is 1. The van der Waals surface area contributed by atoms with Crippen LogP contribution in [-0.4, -0.2) is 21.8 Å². The number of hydrogen-bond acceptors (Lipinski definition) is 2. The molecule has 1 aromatic rings. The summed E-state index contributed by atoms with van der Waals surface area (Å²) in [6, 6.07) is 9.85. The molecule has 0 radical (unpaired) electrons. The zero-order valence-electron chi connectivity index (χ0n) is 15.3. The van der Waals surface area contributed by atoms with E-state index >= 15 is 0 Å². The van der Waals surface area contributed by atoms with Crippen LogP contribution in [0.1, 0.15) is 75.3 Å². The van der Waals surface area contributed by atoms with Crippen molar-refractivity contribution in [2.75, 3.05) is 0 Å². The van der Waals surface area contributed by atoms with Gasteiger partial charge < -0.3 is 5.11 Å². The Labute approximate surface area is 167 Å². The van der Waals surface area contributed by atoms with Crippen molar-refractivity contribution in [1.29, 1.82) is 5.26 Å². The molecule has 1 aromatic carbocycles. The van der Waals surface area contributed by atoms with Crippen molar-refractivity contribution in [3.05, 3.63) is 35.4 Å². The summed E-state index contributed by atoms with van der Waals surface area (Å²) in [6.07, 6.45) is 11.4. The van der Waals surface area contributed by atoms with Gasteiger partial charge in [-0.05, 0) is 43.4 Å². The third-order valence-corrected chi connectivity index (χ3v) is 5.41. The van der Waals surface area contributed by atoms with Gasteiger partial charge in [-0.1, -0.05) is 57.1 Å². The first-order chi connectivity index (χ1) is 12.5. The lowest BCUT2D eigenvalue weighted by Gasteiger charge is -2.09. The van der Waals surface area contributed by atoms with Gasteiger partial charge in [-0.15, -0.1) is 23.2 Å². The number of carboxylic acid groups (broad SMARTS) is 1. The molecule has 0 aliphatic heterocycles. The highest BCUT2D eigenvalue weighted by atomic mass is 35.5. The number of hydrogen-bond donors (Lipinski definition) is 1. The minimum Gasteiger partial charge on any atom is -0.480 e. The minimum atomic E-state index is -0.915. The van der Waals surface area contributed by atoms with E-state index < -0.39 is 11.3 Å². The highest BCUT2D eigenvalue weighted by Crippen LogP contribution is 2.18. The summed E-state index contributed by atoms with van der Waals surface area (Å²) >= 11 is 12.1. The maximum atomic E-state index is 10.6. The van der Waals surface area contributed by atoms with Crippen molar-refractivity contribution >= 4 is 29.2 Å². The number of carbonyl (C=O) groups is 1. The zero-order chi connectivity index (χ0) is 19.2. The normalized spacial score (nSPS) is 13.1. The second-order valence-corrected chi connectivity index (χ2v) is 7.95. The predicted molar refractivity (Wildman–Crippen MR) is 108 cm³/mol. The molecule has 3 nitrogen and oxygen atoms in total. The summed E-state index contributed by atoms with van der Waals surface area (Å²) < 4.78 is 0. The molecular formula is C21H29Cl2NO2. The maximum Gasteiger partial charge on any atom is 0.321 e. The summed E-state index contributed by atoms with van der Waals surface area (Å²) in [5.74, 6) is -0.915. The van der Waals surface area contributed by atoms with Crippen LogP contribution >= 0.6 is 23.2 Å². The molecule has 0 amide bonds. The van der Waals surface area contributed by atoms with Gasteiger partial charge in [0.05, 0.1) is 11.6 Å². The lowest BCUT2D eigenvalue weighted by atomic mass is 10.0. The van der Waals surface area contributed by atoms with Crippen molar-refractivity contribution in [1.82, 2.24) is 0 Å². The number of rotatable bonds is 14. The van der Waals surface area contributed by atoms with Crippen LogP contribution in [0.15, 0.2) is 24.3 Å². The van der Waals surface area contributed by atoms with E-state index in [0.717, 1.165) is 44.9 Å². The van der Waals surface area contributed by atoms with Gasteiger partial charge in [0.25, 0.3) is 0 Å². The van der Waals surface area contributed by atoms with Crippen LogP contribution in [0.25, 0.3) is 0 Å². The standard InChI is InChI=1S/C21H29Cl2NO2/c22-19(15-14-17-10-12-18(16-24)13-11-17)8-6-4-2-1-3-5-7-9-20(23)21(25)26/h10-13,19-20H,1-9,14-15H2,(H,25,26). The molecule has 0 saturated heterocycles. The van der Waals surface area contributed by atoms with Crippen LogP contribution in [0, 0.1) is 11.3 Å². The molecule has 1 rings (SSSR count). The Morgan fingerprint density at radius 3 is 2.00 bits per heavy atom. The molecule has 0 bridgehead atoms. The molecule has 1 N–H and O–H groups in total. The smallest absolute Gasteiger partial charge is 0.321 e. The average Bonchev–Trinajstić information content (AvgIpc) is 2.65. The average molecular weight is 398 g/mol.